The summed E-state index contributed by atoms with van der Waals surface area (Å²) in [6.07, 6.45) is 5.97. The van der Waals surface area contributed by atoms with Crippen molar-refractivity contribution in [2.45, 2.75) is 25.8 Å². The fraction of sp³-hybridized carbons (Fsp3) is 0.529. The van der Waals surface area contributed by atoms with Gasteiger partial charge >= 0.3 is 0 Å². The van der Waals surface area contributed by atoms with Gasteiger partial charge in [-0.15, -0.1) is 0 Å². The van der Waals surface area contributed by atoms with Gasteiger partial charge in [-0.25, -0.2) is 4.68 Å². The van der Waals surface area contributed by atoms with Crippen LogP contribution in [-0.4, -0.2) is 68.1 Å². The smallest absolute Gasteiger partial charge is 0.224 e. The molecule has 4 rings (SSSR count). The predicted octanol–water partition coefficient (Wildman–Crippen LogP) is 0.245. The number of rotatable bonds is 4. The van der Waals surface area contributed by atoms with E-state index in [9.17, 15) is 4.79 Å². The SMILES string of the molecule is Nc1nc(N)c2cnn(CCN3CCN(C4=CCC(=O)CC4)CC3)c2n1. The molecule has 0 spiro atoms. The summed E-state index contributed by atoms with van der Waals surface area (Å²) in [6, 6.07) is 0. The number of nitrogens with zero attached hydrogens (tertiary/aromatic N) is 6. The minimum absolute atomic E-state index is 0.171. The van der Waals surface area contributed by atoms with E-state index in [0.717, 1.165) is 51.1 Å². The van der Waals surface area contributed by atoms with Gasteiger partial charge in [0, 0.05) is 51.3 Å². The number of hydrogen-bond acceptors (Lipinski definition) is 8. The Morgan fingerprint density at radius 3 is 2.58 bits per heavy atom. The molecule has 1 aliphatic heterocycles. The standard InChI is InChI=1S/C17H24N8O/c18-15-14-11-20-25(16(14)22-17(19)21-15)10-7-23-5-8-24(9-6-23)12-1-3-13(26)4-2-12/h1,11H,2-10H2,(H4,18,19,21,22). The fourth-order valence-electron chi connectivity index (χ4n) is 3.64. The number of anilines is 2. The zero-order chi connectivity index (χ0) is 18.1. The lowest BCUT2D eigenvalue weighted by atomic mass is 10.0. The second-order valence-corrected chi connectivity index (χ2v) is 6.84. The second kappa shape index (κ2) is 6.91. The average Bonchev–Trinajstić information content (AvgIpc) is 3.04. The van der Waals surface area contributed by atoms with E-state index in [1.54, 1.807) is 6.20 Å². The number of Topliss-reactive ketones (excluding diaryl/α,β-unsaturated/α-hetero) is 1. The highest BCUT2D eigenvalue weighted by Crippen LogP contribution is 2.21. The monoisotopic (exact) mass is 356 g/mol. The first-order chi connectivity index (χ1) is 12.6. The van der Waals surface area contributed by atoms with Gasteiger partial charge in [-0.1, -0.05) is 6.08 Å². The van der Waals surface area contributed by atoms with Gasteiger partial charge < -0.3 is 16.4 Å². The molecule has 2 aromatic heterocycles. The number of carbonyl (C=O) groups is 1. The molecule has 1 aliphatic carbocycles. The first kappa shape index (κ1) is 16.8. The van der Waals surface area contributed by atoms with Crippen molar-refractivity contribution in [2.75, 3.05) is 44.2 Å². The van der Waals surface area contributed by atoms with Crippen LogP contribution in [0.25, 0.3) is 11.0 Å². The van der Waals surface area contributed by atoms with Crippen molar-refractivity contribution < 1.29 is 4.79 Å². The van der Waals surface area contributed by atoms with E-state index in [1.807, 2.05) is 4.68 Å². The summed E-state index contributed by atoms with van der Waals surface area (Å²) < 4.78 is 1.84. The van der Waals surface area contributed by atoms with Crippen molar-refractivity contribution in [1.29, 1.82) is 0 Å². The molecular weight excluding hydrogens is 332 g/mol. The quantitative estimate of drug-likeness (QED) is 0.800. The molecule has 0 saturated carbocycles. The van der Waals surface area contributed by atoms with Crippen molar-refractivity contribution >= 4 is 28.6 Å². The third kappa shape index (κ3) is 3.34. The molecule has 9 heteroatoms. The van der Waals surface area contributed by atoms with Crippen molar-refractivity contribution in [3.05, 3.63) is 18.0 Å². The minimum Gasteiger partial charge on any atom is -0.383 e. The molecular formula is C17H24N8O. The third-order valence-electron chi connectivity index (χ3n) is 5.17. The van der Waals surface area contributed by atoms with Crippen LogP contribution < -0.4 is 11.5 Å². The van der Waals surface area contributed by atoms with Crippen LogP contribution in [0.3, 0.4) is 0 Å². The summed E-state index contributed by atoms with van der Waals surface area (Å²) in [7, 11) is 0. The number of allylic oxidation sites excluding steroid dienone is 2. The van der Waals surface area contributed by atoms with E-state index in [1.165, 1.54) is 5.70 Å². The summed E-state index contributed by atoms with van der Waals surface area (Å²) in [5, 5.41) is 5.12. The Balaban J connectivity index is 1.33. The molecule has 4 N–H and O–H groups in total. The number of fused-ring (bicyclic) bond motifs is 1. The Morgan fingerprint density at radius 1 is 1.04 bits per heavy atom. The molecule has 0 bridgehead atoms. The lowest BCUT2D eigenvalue weighted by Crippen LogP contribution is -2.47. The number of nitrogen functional groups attached to an aromatic ring is 2. The molecule has 2 aromatic rings. The Bertz CT molecular complexity index is 850. The fourth-order valence-corrected chi connectivity index (χ4v) is 3.64. The maximum absolute atomic E-state index is 11.4. The van der Waals surface area contributed by atoms with Crippen LogP contribution >= 0.6 is 0 Å². The van der Waals surface area contributed by atoms with Crippen molar-refractivity contribution in [2.24, 2.45) is 0 Å². The molecule has 3 heterocycles. The van der Waals surface area contributed by atoms with E-state index in [4.69, 9.17) is 11.5 Å². The Kier molecular flexibility index (Phi) is 4.46. The van der Waals surface area contributed by atoms with Crippen LogP contribution in [0.4, 0.5) is 11.8 Å². The summed E-state index contributed by atoms with van der Waals surface area (Å²) >= 11 is 0. The van der Waals surface area contributed by atoms with Gasteiger partial charge in [-0.3, -0.25) is 9.69 Å². The lowest BCUT2D eigenvalue weighted by Gasteiger charge is -2.38. The largest absolute Gasteiger partial charge is 0.383 e. The van der Waals surface area contributed by atoms with Gasteiger partial charge in [-0.2, -0.15) is 15.1 Å². The summed E-state index contributed by atoms with van der Waals surface area (Å²) in [5.41, 5.74) is 13.6. The highest BCUT2D eigenvalue weighted by atomic mass is 16.1. The molecule has 26 heavy (non-hydrogen) atoms. The molecule has 2 aliphatic rings. The van der Waals surface area contributed by atoms with Crippen LogP contribution in [0.1, 0.15) is 19.3 Å². The van der Waals surface area contributed by atoms with Crippen LogP contribution in [0.2, 0.25) is 0 Å². The van der Waals surface area contributed by atoms with Gasteiger partial charge in [0.2, 0.25) is 5.95 Å². The van der Waals surface area contributed by atoms with Gasteiger partial charge in [0.25, 0.3) is 0 Å². The van der Waals surface area contributed by atoms with Crippen LogP contribution in [0, 0.1) is 0 Å². The zero-order valence-electron chi connectivity index (χ0n) is 14.8. The summed E-state index contributed by atoms with van der Waals surface area (Å²) in [6.45, 7) is 5.64. The number of hydrogen-bond donors (Lipinski definition) is 2. The first-order valence-corrected chi connectivity index (χ1v) is 9.02. The molecule has 9 nitrogen and oxygen atoms in total. The molecule has 1 fully saturated rings. The van der Waals surface area contributed by atoms with E-state index in [0.29, 0.717) is 30.1 Å². The maximum Gasteiger partial charge on any atom is 0.224 e. The summed E-state index contributed by atoms with van der Waals surface area (Å²) in [5.74, 6) is 0.889. The van der Waals surface area contributed by atoms with Crippen molar-refractivity contribution in [1.82, 2.24) is 29.5 Å². The Hall–Kier alpha value is -2.68. The second-order valence-electron chi connectivity index (χ2n) is 6.84. The molecule has 1 saturated heterocycles. The number of aromatic nitrogens is 4. The Morgan fingerprint density at radius 2 is 1.85 bits per heavy atom. The lowest BCUT2D eigenvalue weighted by molar-refractivity contribution is -0.118. The minimum atomic E-state index is 0.171. The highest BCUT2D eigenvalue weighted by molar-refractivity contribution is 5.86. The molecule has 0 aromatic carbocycles. The molecule has 0 unspecified atom stereocenters. The number of carbonyl (C=O) groups excluding carboxylic acids is 1. The van der Waals surface area contributed by atoms with Crippen LogP contribution in [0.15, 0.2) is 18.0 Å². The number of ketones is 1. The molecule has 0 radical (unpaired) electrons. The number of piperazine rings is 1. The van der Waals surface area contributed by atoms with Crippen molar-refractivity contribution in [3.8, 4) is 0 Å². The highest BCUT2D eigenvalue weighted by Gasteiger charge is 2.21. The third-order valence-corrected chi connectivity index (χ3v) is 5.17. The molecule has 0 atom stereocenters. The maximum atomic E-state index is 11.4. The van der Waals surface area contributed by atoms with E-state index in [-0.39, 0.29) is 5.95 Å². The molecule has 138 valence electrons. The average molecular weight is 356 g/mol. The van der Waals surface area contributed by atoms with E-state index in [2.05, 4.69) is 30.9 Å². The molecule has 0 amide bonds. The van der Waals surface area contributed by atoms with Crippen LogP contribution in [-0.2, 0) is 11.3 Å². The predicted molar refractivity (Wildman–Crippen MR) is 99.1 cm³/mol. The zero-order valence-corrected chi connectivity index (χ0v) is 14.8. The van der Waals surface area contributed by atoms with Gasteiger partial charge in [0.05, 0.1) is 18.1 Å². The van der Waals surface area contributed by atoms with E-state index >= 15 is 0 Å². The van der Waals surface area contributed by atoms with Gasteiger partial charge in [0.1, 0.15) is 11.6 Å². The van der Waals surface area contributed by atoms with Gasteiger partial charge in [-0.05, 0) is 6.42 Å². The van der Waals surface area contributed by atoms with Crippen molar-refractivity contribution in [3.63, 3.8) is 0 Å². The number of nitrogens with two attached hydrogens (primary N) is 2. The Labute approximate surface area is 151 Å². The van der Waals surface area contributed by atoms with Gasteiger partial charge in [0.15, 0.2) is 5.65 Å². The van der Waals surface area contributed by atoms with E-state index < -0.39 is 0 Å². The summed E-state index contributed by atoms with van der Waals surface area (Å²) in [4.78, 5) is 24.4. The first-order valence-electron chi connectivity index (χ1n) is 9.02. The van der Waals surface area contributed by atoms with Crippen LogP contribution in [0.5, 0.6) is 0 Å². The topological polar surface area (TPSA) is 119 Å². The normalized spacial score (nSPS) is 19.2.